The van der Waals surface area contributed by atoms with Crippen molar-refractivity contribution in [3.8, 4) is 0 Å². The van der Waals surface area contributed by atoms with Crippen molar-refractivity contribution in [3.05, 3.63) is 29.8 Å². The highest BCUT2D eigenvalue weighted by Crippen LogP contribution is 2.27. The van der Waals surface area contributed by atoms with E-state index in [1.54, 1.807) is 0 Å². The summed E-state index contributed by atoms with van der Waals surface area (Å²) in [6.07, 6.45) is 6.64. The van der Waals surface area contributed by atoms with Gasteiger partial charge in [-0.05, 0) is 42.4 Å². The summed E-state index contributed by atoms with van der Waals surface area (Å²) < 4.78 is 0. The van der Waals surface area contributed by atoms with E-state index >= 15 is 0 Å². The molecule has 3 atom stereocenters. The van der Waals surface area contributed by atoms with Crippen molar-refractivity contribution >= 4 is 11.6 Å². The normalized spacial score (nSPS) is 23.5. The number of nitrogen functional groups attached to an aromatic ring is 1. The Labute approximate surface area is 128 Å². The first-order valence-electron chi connectivity index (χ1n) is 8.23. The SMILES string of the molecule is CCC1CCCC(NC(=O)CC(C)c2ccc(N)cc2)C1. The molecule has 1 aliphatic carbocycles. The summed E-state index contributed by atoms with van der Waals surface area (Å²) in [5.74, 6) is 1.20. The van der Waals surface area contributed by atoms with Crippen LogP contribution in [-0.2, 0) is 4.79 Å². The molecule has 0 bridgehead atoms. The van der Waals surface area contributed by atoms with E-state index in [4.69, 9.17) is 5.73 Å². The molecule has 1 saturated carbocycles. The summed E-state index contributed by atoms with van der Waals surface area (Å²) in [4.78, 5) is 12.2. The molecule has 3 heteroatoms. The lowest BCUT2D eigenvalue weighted by molar-refractivity contribution is -0.122. The van der Waals surface area contributed by atoms with Crippen molar-refractivity contribution in [1.82, 2.24) is 5.32 Å². The quantitative estimate of drug-likeness (QED) is 0.809. The largest absolute Gasteiger partial charge is 0.399 e. The molecule has 0 aliphatic heterocycles. The Morgan fingerprint density at radius 3 is 2.71 bits per heavy atom. The van der Waals surface area contributed by atoms with Gasteiger partial charge in [-0.15, -0.1) is 0 Å². The molecule has 3 nitrogen and oxygen atoms in total. The van der Waals surface area contributed by atoms with Crippen LogP contribution < -0.4 is 11.1 Å². The lowest BCUT2D eigenvalue weighted by Gasteiger charge is -2.29. The second-order valence-electron chi connectivity index (χ2n) is 6.48. The van der Waals surface area contributed by atoms with E-state index in [0.717, 1.165) is 24.4 Å². The molecule has 116 valence electrons. The molecule has 1 fully saturated rings. The summed E-state index contributed by atoms with van der Waals surface area (Å²) in [5, 5.41) is 3.23. The maximum Gasteiger partial charge on any atom is 0.220 e. The van der Waals surface area contributed by atoms with Gasteiger partial charge in [0.05, 0.1) is 0 Å². The van der Waals surface area contributed by atoms with Gasteiger partial charge in [-0.2, -0.15) is 0 Å². The van der Waals surface area contributed by atoms with Crippen LogP contribution in [0.5, 0.6) is 0 Å². The third-order valence-electron chi connectivity index (χ3n) is 4.72. The molecule has 0 radical (unpaired) electrons. The fourth-order valence-corrected chi connectivity index (χ4v) is 3.30. The Bertz CT molecular complexity index is 455. The molecule has 0 spiro atoms. The van der Waals surface area contributed by atoms with E-state index in [1.807, 2.05) is 24.3 Å². The maximum atomic E-state index is 12.2. The molecule has 1 amide bonds. The van der Waals surface area contributed by atoms with Crippen LogP contribution in [0.3, 0.4) is 0 Å². The zero-order valence-corrected chi connectivity index (χ0v) is 13.3. The van der Waals surface area contributed by atoms with Gasteiger partial charge in [0.2, 0.25) is 5.91 Å². The first-order chi connectivity index (χ1) is 10.1. The predicted molar refractivity (Wildman–Crippen MR) is 88.1 cm³/mol. The van der Waals surface area contributed by atoms with E-state index in [-0.39, 0.29) is 11.8 Å². The van der Waals surface area contributed by atoms with Gasteiger partial charge in [-0.25, -0.2) is 0 Å². The number of anilines is 1. The van der Waals surface area contributed by atoms with Gasteiger partial charge >= 0.3 is 0 Å². The second kappa shape index (κ2) is 7.48. The summed E-state index contributed by atoms with van der Waals surface area (Å²) in [7, 11) is 0. The van der Waals surface area contributed by atoms with Crippen molar-refractivity contribution in [2.45, 2.75) is 64.3 Å². The number of nitrogens with two attached hydrogens (primary N) is 1. The van der Waals surface area contributed by atoms with E-state index in [0.29, 0.717) is 12.5 Å². The minimum atomic E-state index is 0.182. The Morgan fingerprint density at radius 1 is 1.33 bits per heavy atom. The van der Waals surface area contributed by atoms with Crippen molar-refractivity contribution in [1.29, 1.82) is 0 Å². The zero-order chi connectivity index (χ0) is 15.2. The zero-order valence-electron chi connectivity index (χ0n) is 13.3. The van der Waals surface area contributed by atoms with Crippen LogP contribution in [0.2, 0.25) is 0 Å². The number of nitrogens with one attached hydrogen (secondary N) is 1. The number of benzene rings is 1. The number of amides is 1. The van der Waals surface area contributed by atoms with Gasteiger partial charge in [0.15, 0.2) is 0 Å². The maximum absolute atomic E-state index is 12.2. The Hall–Kier alpha value is -1.51. The molecule has 3 N–H and O–H groups in total. The lowest BCUT2D eigenvalue weighted by atomic mass is 9.84. The summed E-state index contributed by atoms with van der Waals surface area (Å²) in [5.41, 5.74) is 7.64. The topological polar surface area (TPSA) is 55.1 Å². The van der Waals surface area contributed by atoms with Gasteiger partial charge in [-0.3, -0.25) is 4.79 Å². The molecule has 1 aromatic carbocycles. The number of carbonyl (C=O) groups is 1. The third-order valence-corrected chi connectivity index (χ3v) is 4.72. The molecule has 2 rings (SSSR count). The van der Waals surface area contributed by atoms with Crippen molar-refractivity contribution in [2.75, 3.05) is 5.73 Å². The molecular weight excluding hydrogens is 260 g/mol. The predicted octanol–water partition coefficient (Wildman–Crippen LogP) is 3.85. The fourth-order valence-electron chi connectivity index (χ4n) is 3.30. The average Bonchev–Trinajstić information content (AvgIpc) is 2.47. The highest BCUT2D eigenvalue weighted by Gasteiger charge is 2.22. The number of hydrogen-bond acceptors (Lipinski definition) is 2. The summed E-state index contributed by atoms with van der Waals surface area (Å²) in [6.45, 7) is 4.35. The van der Waals surface area contributed by atoms with Gasteiger partial charge in [0.25, 0.3) is 0 Å². The molecule has 3 unspecified atom stereocenters. The third kappa shape index (κ3) is 4.76. The van der Waals surface area contributed by atoms with Gasteiger partial charge < -0.3 is 11.1 Å². The van der Waals surface area contributed by atoms with Gasteiger partial charge in [0.1, 0.15) is 0 Å². The van der Waals surface area contributed by atoms with E-state index in [2.05, 4.69) is 19.2 Å². The van der Waals surface area contributed by atoms with Crippen LogP contribution in [-0.4, -0.2) is 11.9 Å². The molecular formula is C18H28N2O. The molecule has 0 aromatic heterocycles. The van der Waals surface area contributed by atoms with Gasteiger partial charge in [-0.1, -0.05) is 45.2 Å². The molecule has 21 heavy (non-hydrogen) atoms. The van der Waals surface area contributed by atoms with E-state index in [9.17, 15) is 4.79 Å². The van der Waals surface area contributed by atoms with Crippen molar-refractivity contribution in [3.63, 3.8) is 0 Å². The fraction of sp³-hybridized carbons (Fsp3) is 0.611. The van der Waals surface area contributed by atoms with E-state index < -0.39 is 0 Å². The highest BCUT2D eigenvalue weighted by molar-refractivity contribution is 5.77. The van der Waals surface area contributed by atoms with Gasteiger partial charge in [0, 0.05) is 18.2 Å². The summed E-state index contributed by atoms with van der Waals surface area (Å²) in [6, 6.07) is 8.21. The first-order valence-corrected chi connectivity index (χ1v) is 8.23. The van der Waals surface area contributed by atoms with Crippen LogP contribution in [0.4, 0.5) is 5.69 Å². The smallest absolute Gasteiger partial charge is 0.220 e. The average molecular weight is 288 g/mol. The summed E-state index contributed by atoms with van der Waals surface area (Å²) >= 11 is 0. The minimum Gasteiger partial charge on any atom is -0.399 e. The number of rotatable bonds is 5. The lowest BCUT2D eigenvalue weighted by Crippen LogP contribution is -2.38. The van der Waals surface area contributed by atoms with Crippen LogP contribution in [0.25, 0.3) is 0 Å². The minimum absolute atomic E-state index is 0.182. The molecule has 1 aliphatic rings. The van der Waals surface area contributed by atoms with Crippen LogP contribution >= 0.6 is 0 Å². The monoisotopic (exact) mass is 288 g/mol. The highest BCUT2D eigenvalue weighted by atomic mass is 16.1. The molecule has 0 heterocycles. The second-order valence-corrected chi connectivity index (χ2v) is 6.48. The Kier molecular flexibility index (Phi) is 5.66. The first kappa shape index (κ1) is 15.9. The molecule has 1 aromatic rings. The van der Waals surface area contributed by atoms with Crippen LogP contribution in [0, 0.1) is 5.92 Å². The Morgan fingerprint density at radius 2 is 2.05 bits per heavy atom. The van der Waals surface area contributed by atoms with Crippen LogP contribution in [0.15, 0.2) is 24.3 Å². The van der Waals surface area contributed by atoms with Crippen molar-refractivity contribution in [2.24, 2.45) is 5.92 Å². The number of hydrogen-bond donors (Lipinski definition) is 2. The van der Waals surface area contributed by atoms with Crippen molar-refractivity contribution < 1.29 is 4.79 Å². The standard InChI is InChI=1S/C18H28N2O/c1-3-14-5-4-6-17(12-14)20-18(21)11-13(2)15-7-9-16(19)10-8-15/h7-10,13-14,17H,3-6,11-12,19H2,1-2H3,(H,20,21). The molecule has 0 saturated heterocycles. The Balaban J connectivity index is 1.82. The van der Waals surface area contributed by atoms with E-state index in [1.165, 1.54) is 24.8 Å². The van der Waals surface area contributed by atoms with Crippen LogP contribution in [0.1, 0.15) is 63.9 Å². The number of carbonyl (C=O) groups excluding carboxylic acids is 1.